The second kappa shape index (κ2) is 5.53. The van der Waals surface area contributed by atoms with E-state index in [9.17, 15) is 4.79 Å². The van der Waals surface area contributed by atoms with Crippen molar-refractivity contribution in [3.8, 4) is 0 Å². The number of carbonyl (C=O) groups excluding carboxylic acids is 1. The van der Waals surface area contributed by atoms with Crippen LogP contribution in [0.25, 0.3) is 0 Å². The van der Waals surface area contributed by atoms with Crippen molar-refractivity contribution in [3.05, 3.63) is 0 Å². The fourth-order valence-electron chi connectivity index (χ4n) is 2.71. The van der Waals surface area contributed by atoms with Crippen LogP contribution in [-0.4, -0.2) is 43.8 Å². The van der Waals surface area contributed by atoms with Crippen LogP contribution in [0, 0.1) is 5.92 Å². The van der Waals surface area contributed by atoms with Crippen LogP contribution in [0.3, 0.4) is 0 Å². The van der Waals surface area contributed by atoms with E-state index in [2.05, 4.69) is 5.32 Å². The molecular formula is C12H22N2O2. The maximum Gasteiger partial charge on any atom is 0.410 e. The molecule has 4 nitrogen and oxygen atoms in total. The molecule has 1 unspecified atom stereocenters. The zero-order valence-electron chi connectivity index (χ0n) is 10.1. The predicted octanol–water partition coefficient (Wildman–Crippen LogP) is 1.61. The Kier molecular flexibility index (Phi) is 4.04. The van der Waals surface area contributed by atoms with Gasteiger partial charge in [-0.05, 0) is 32.9 Å². The summed E-state index contributed by atoms with van der Waals surface area (Å²) >= 11 is 0. The maximum atomic E-state index is 11.7. The summed E-state index contributed by atoms with van der Waals surface area (Å²) in [5, 5.41) is 3.15. The molecule has 4 heteroatoms. The number of nitrogens with zero attached hydrogens (tertiary/aromatic N) is 1. The quantitative estimate of drug-likeness (QED) is 0.791. The Morgan fingerprint density at radius 2 is 2.19 bits per heavy atom. The Bertz CT molecular complexity index is 239. The van der Waals surface area contributed by atoms with Crippen molar-refractivity contribution in [3.63, 3.8) is 0 Å². The third-order valence-electron chi connectivity index (χ3n) is 3.70. The molecule has 1 saturated heterocycles. The summed E-state index contributed by atoms with van der Waals surface area (Å²) in [7, 11) is 1.96. The number of hydrogen-bond acceptors (Lipinski definition) is 3. The summed E-state index contributed by atoms with van der Waals surface area (Å²) in [6.45, 7) is 2.50. The monoisotopic (exact) mass is 226 g/mol. The first-order valence-electron chi connectivity index (χ1n) is 6.39. The van der Waals surface area contributed by atoms with E-state index in [1.807, 2.05) is 11.9 Å². The summed E-state index contributed by atoms with van der Waals surface area (Å²) in [6.07, 6.45) is 5.84. The minimum Gasteiger partial charge on any atom is -0.449 e. The fourth-order valence-corrected chi connectivity index (χ4v) is 2.71. The predicted molar refractivity (Wildman–Crippen MR) is 62.3 cm³/mol. The molecule has 0 spiro atoms. The summed E-state index contributed by atoms with van der Waals surface area (Å²) < 4.78 is 5.27. The van der Waals surface area contributed by atoms with Crippen LogP contribution in [0.15, 0.2) is 0 Å². The topological polar surface area (TPSA) is 41.6 Å². The third kappa shape index (κ3) is 2.67. The second-order valence-electron chi connectivity index (χ2n) is 4.93. The molecule has 2 aliphatic rings. The molecule has 1 N–H and O–H groups in total. The van der Waals surface area contributed by atoms with Crippen molar-refractivity contribution < 1.29 is 9.53 Å². The highest BCUT2D eigenvalue weighted by molar-refractivity contribution is 5.68. The first kappa shape index (κ1) is 11.7. The van der Waals surface area contributed by atoms with Crippen LogP contribution in [0.4, 0.5) is 4.79 Å². The van der Waals surface area contributed by atoms with Crippen molar-refractivity contribution >= 4 is 6.09 Å². The maximum absolute atomic E-state index is 11.7. The van der Waals surface area contributed by atoms with Gasteiger partial charge in [-0.3, -0.25) is 0 Å². The second-order valence-corrected chi connectivity index (χ2v) is 4.93. The molecule has 1 atom stereocenters. The number of carbonyl (C=O) groups is 1. The Morgan fingerprint density at radius 1 is 1.44 bits per heavy atom. The van der Waals surface area contributed by atoms with Gasteiger partial charge in [-0.15, -0.1) is 0 Å². The normalized spacial score (nSPS) is 27.2. The molecule has 1 amide bonds. The number of cyclic esters (lactones) is 1. The lowest BCUT2D eigenvalue weighted by Crippen LogP contribution is -2.48. The number of hydrogen-bond donors (Lipinski definition) is 1. The van der Waals surface area contributed by atoms with E-state index in [1.165, 1.54) is 12.8 Å². The largest absolute Gasteiger partial charge is 0.449 e. The van der Waals surface area contributed by atoms with Crippen molar-refractivity contribution in [2.75, 3.05) is 26.7 Å². The van der Waals surface area contributed by atoms with Crippen molar-refractivity contribution in [1.82, 2.24) is 10.2 Å². The highest BCUT2D eigenvalue weighted by atomic mass is 16.6. The van der Waals surface area contributed by atoms with Crippen LogP contribution in [0.5, 0.6) is 0 Å². The van der Waals surface area contributed by atoms with E-state index in [1.54, 1.807) is 0 Å². The Balaban J connectivity index is 1.86. The average molecular weight is 226 g/mol. The molecule has 2 rings (SSSR count). The van der Waals surface area contributed by atoms with Crippen LogP contribution in [0.2, 0.25) is 0 Å². The highest BCUT2D eigenvalue weighted by Gasteiger charge is 2.33. The van der Waals surface area contributed by atoms with Gasteiger partial charge in [0, 0.05) is 18.5 Å². The molecular weight excluding hydrogens is 204 g/mol. The zero-order valence-corrected chi connectivity index (χ0v) is 10.1. The van der Waals surface area contributed by atoms with Crippen LogP contribution in [-0.2, 0) is 4.74 Å². The molecule has 1 saturated carbocycles. The van der Waals surface area contributed by atoms with Gasteiger partial charge in [-0.25, -0.2) is 4.79 Å². The minimum atomic E-state index is -0.0902. The molecule has 0 aromatic heterocycles. The number of nitrogens with one attached hydrogen (secondary N) is 1. The molecule has 92 valence electrons. The first-order chi connectivity index (χ1) is 7.81. The van der Waals surface area contributed by atoms with E-state index in [0.717, 1.165) is 32.4 Å². The lowest BCUT2D eigenvalue weighted by Gasteiger charge is -2.36. The lowest BCUT2D eigenvalue weighted by atomic mass is 10.0. The van der Waals surface area contributed by atoms with Crippen LogP contribution in [0.1, 0.15) is 32.1 Å². The van der Waals surface area contributed by atoms with Crippen molar-refractivity contribution in [1.29, 1.82) is 0 Å². The molecule has 0 aromatic rings. The van der Waals surface area contributed by atoms with Gasteiger partial charge in [0.2, 0.25) is 0 Å². The smallest absolute Gasteiger partial charge is 0.410 e. The molecule has 0 radical (unpaired) electrons. The molecule has 16 heavy (non-hydrogen) atoms. The Labute approximate surface area is 97.3 Å². The van der Waals surface area contributed by atoms with E-state index < -0.39 is 0 Å². The highest BCUT2D eigenvalue weighted by Crippen LogP contribution is 2.27. The lowest BCUT2D eigenvalue weighted by molar-refractivity contribution is 0.0252. The molecule has 2 fully saturated rings. The van der Waals surface area contributed by atoms with Crippen molar-refractivity contribution in [2.45, 2.75) is 38.1 Å². The molecule has 1 heterocycles. The molecule has 0 bridgehead atoms. The molecule has 1 aliphatic carbocycles. The van der Waals surface area contributed by atoms with E-state index in [-0.39, 0.29) is 6.09 Å². The summed E-state index contributed by atoms with van der Waals surface area (Å²) in [6, 6.07) is 0.449. The SMILES string of the molecule is CNCCC1COC(=O)N(C2CCCC2)C1. The third-order valence-corrected chi connectivity index (χ3v) is 3.70. The average Bonchev–Trinajstić information content (AvgIpc) is 2.81. The fraction of sp³-hybridized carbons (Fsp3) is 0.917. The van der Waals surface area contributed by atoms with Crippen molar-refractivity contribution in [2.24, 2.45) is 5.92 Å². The van der Waals surface area contributed by atoms with E-state index >= 15 is 0 Å². The van der Waals surface area contributed by atoms with Gasteiger partial charge in [0.15, 0.2) is 0 Å². The Hall–Kier alpha value is -0.770. The number of amides is 1. The molecule has 0 aromatic carbocycles. The van der Waals surface area contributed by atoms with E-state index in [4.69, 9.17) is 4.74 Å². The zero-order chi connectivity index (χ0) is 11.4. The Morgan fingerprint density at radius 3 is 2.88 bits per heavy atom. The number of rotatable bonds is 4. The van der Waals surface area contributed by atoms with Gasteiger partial charge in [-0.1, -0.05) is 12.8 Å². The summed E-state index contributed by atoms with van der Waals surface area (Å²) in [4.78, 5) is 13.7. The van der Waals surface area contributed by atoms with E-state index in [0.29, 0.717) is 18.6 Å². The van der Waals surface area contributed by atoms with Crippen LogP contribution >= 0.6 is 0 Å². The van der Waals surface area contributed by atoms with Gasteiger partial charge >= 0.3 is 6.09 Å². The van der Waals surface area contributed by atoms with Gasteiger partial charge < -0.3 is 15.0 Å². The minimum absolute atomic E-state index is 0.0902. The summed E-state index contributed by atoms with van der Waals surface area (Å²) in [5.74, 6) is 0.505. The van der Waals surface area contributed by atoms with Gasteiger partial charge in [0.05, 0.1) is 6.61 Å². The summed E-state index contributed by atoms with van der Waals surface area (Å²) in [5.41, 5.74) is 0. The van der Waals surface area contributed by atoms with Gasteiger partial charge in [0.1, 0.15) is 0 Å². The van der Waals surface area contributed by atoms with Crippen LogP contribution < -0.4 is 5.32 Å². The standard InChI is InChI=1S/C12H22N2O2/c1-13-7-6-10-8-14(12(15)16-9-10)11-4-2-3-5-11/h10-11,13H,2-9H2,1H3. The van der Waals surface area contributed by atoms with Gasteiger partial charge in [0.25, 0.3) is 0 Å². The number of ether oxygens (including phenoxy) is 1. The first-order valence-corrected chi connectivity index (χ1v) is 6.39. The molecule has 1 aliphatic heterocycles. The van der Waals surface area contributed by atoms with Gasteiger partial charge in [-0.2, -0.15) is 0 Å².